The van der Waals surface area contributed by atoms with Crippen molar-refractivity contribution in [2.24, 2.45) is 0 Å². The Bertz CT molecular complexity index is 1720. The Kier molecular flexibility index (Phi) is 7.26. The molecule has 0 amide bonds. The summed E-state index contributed by atoms with van der Waals surface area (Å²) < 4.78 is 24.5. The summed E-state index contributed by atoms with van der Waals surface area (Å²) in [7, 11) is 7.65. The third-order valence-electron chi connectivity index (χ3n) is 9.75. The van der Waals surface area contributed by atoms with Gasteiger partial charge >= 0.3 is 0 Å². The molecule has 4 aromatic rings. The van der Waals surface area contributed by atoms with Crippen molar-refractivity contribution in [3.63, 3.8) is 0 Å². The summed E-state index contributed by atoms with van der Waals surface area (Å²) >= 11 is 0. The zero-order chi connectivity index (χ0) is 30.5. The third kappa shape index (κ3) is 4.98. The molecular formula is C36H40N2O6+2. The normalized spacial score (nSPS) is 22.1. The maximum absolute atomic E-state index is 11.6. The van der Waals surface area contributed by atoms with Crippen molar-refractivity contribution < 1.29 is 39.0 Å². The Balaban J connectivity index is 1.45. The number of benzene rings is 4. The lowest BCUT2D eigenvalue weighted by Crippen LogP contribution is -3.10. The van der Waals surface area contributed by atoms with Gasteiger partial charge in [0.15, 0.2) is 34.5 Å². The van der Waals surface area contributed by atoms with Gasteiger partial charge in [0.25, 0.3) is 0 Å². The molecule has 4 aliphatic rings. The molecule has 6 bridgehead atoms. The molecule has 4 heterocycles. The van der Waals surface area contributed by atoms with E-state index in [4.69, 9.17) is 18.9 Å². The van der Waals surface area contributed by atoms with Crippen LogP contribution in [0.25, 0.3) is 0 Å². The fraction of sp³-hybridized carbons (Fsp3) is 0.333. The van der Waals surface area contributed by atoms with E-state index in [1.54, 1.807) is 20.3 Å². The number of quaternary nitrogens is 2. The number of fused-ring (bicyclic) bond motifs is 2. The topological polar surface area (TPSA) is 86.3 Å². The highest BCUT2D eigenvalue weighted by molar-refractivity contribution is 5.62. The van der Waals surface area contributed by atoms with Crippen LogP contribution in [0.5, 0.6) is 46.0 Å². The Hall–Kier alpha value is -4.40. The molecule has 0 saturated carbocycles. The summed E-state index contributed by atoms with van der Waals surface area (Å²) in [6.45, 7) is 1.93. The molecule has 0 spiro atoms. The van der Waals surface area contributed by atoms with Crippen molar-refractivity contribution in [3.05, 3.63) is 94.0 Å². The van der Waals surface area contributed by atoms with Gasteiger partial charge in [0.05, 0.1) is 47.0 Å². The quantitative estimate of drug-likeness (QED) is 0.282. The maximum atomic E-state index is 11.6. The first kappa shape index (κ1) is 28.4. The second kappa shape index (κ2) is 11.3. The van der Waals surface area contributed by atoms with Crippen LogP contribution in [0.3, 0.4) is 0 Å². The van der Waals surface area contributed by atoms with E-state index in [-0.39, 0.29) is 23.6 Å². The average Bonchev–Trinajstić information content (AvgIpc) is 3.03. The number of phenols is 2. The number of aromatic hydroxyl groups is 2. The van der Waals surface area contributed by atoms with Gasteiger partial charge in [-0.25, -0.2) is 0 Å². The first-order valence-corrected chi connectivity index (χ1v) is 15.4. The van der Waals surface area contributed by atoms with Crippen molar-refractivity contribution in [1.82, 2.24) is 0 Å². The highest BCUT2D eigenvalue weighted by Crippen LogP contribution is 2.49. The number of methoxy groups -OCH3 is 2. The van der Waals surface area contributed by atoms with Crippen molar-refractivity contribution in [2.45, 2.75) is 37.8 Å². The Labute approximate surface area is 258 Å². The molecule has 4 aliphatic heterocycles. The zero-order valence-electron chi connectivity index (χ0n) is 25.7. The lowest BCUT2D eigenvalue weighted by atomic mass is 9.87. The number of phenolic OH excluding ortho intramolecular Hbond substituents is 2. The van der Waals surface area contributed by atoms with Crippen molar-refractivity contribution in [1.29, 1.82) is 0 Å². The van der Waals surface area contributed by atoms with E-state index >= 15 is 0 Å². The minimum Gasteiger partial charge on any atom is -0.504 e. The van der Waals surface area contributed by atoms with E-state index in [1.807, 2.05) is 30.3 Å². The molecule has 228 valence electrons. The highest BCUT2D eigenvalue weighted by Gasteiger charge is 2.37. The Morgan fingerprint density at radius 3 is 2.11 bits per heavy atom. The van der Waals surface area contributed by atoms with Crippen molar-refractivity contribution in [3.8, 4) is 46.0 Å². The fourth-order valence-electron chi connectivity index (χ4n) is 7.19. The molecule has 0 fully saturated rings. The molecule has 8 nitrogen and oxygen atoms in total. The second-order valence-corrected chi connectivity index (χ2v) is 12.4. The standard InChI is InChI=1S/C36H38N2O6/c1-37-13-11-23-18-31(41-3)32-20-26(23)27(37)15-21-5-8-25(9-6-21)43-30-17-22(7-10-29(30)39)16-28-34-24(12-14-38(28)2)19-33(42-4)35(40)36(34)44-32/h5-10,17-20,27-28,39-40H,11-16H2,1-4H3/p+2/t27-,28-/m1/s1. The molecular weight excluding hydrogens is 556 g/mol. The summed E-state index contributed by atoms with van der Waals surface area (Å²) in [6, 6.07) is 20.0. The number of hydrogen-bond acceptors (Lipinski definition) is 6. The van der Waals surface area contributed by atoms with Gasteiger partial charge in [-0.1, -0.05) is 18.2 Å². The number of nitrogens with one attached hydrogen (secondary N) is 2. The molecule has 8 rings (SSSR count). The van der Waals surface area contributed by atoms with E-state index in [9.17, 15) is 10.2 Å². The predicted octanol–water partition coefficient (Wildman–Crippen LogP) is 3.72. The van der Waals surface area contributed by atoms with Gasteiger partial charge in [-0.2, -0.15) is 0 Å². The monoisotopic (exact) mass is 596 g/mol. The van der Waals surface area contributed by atoms with Gasteiger partial charge in [-0.05, 0) is 64.7 Å². The smallest absolute Gasteiger partial charge is 0.201 e. The van der Waals surface area contributed by atoms with Crippen LogP contribution in [0.2, 0.25) is 0 Å². The van der Waals surface area contributed by atoms with Crippen LogP contribution >= 0.6 is 0 Å². The van der Waals surface area contributed by atoms with Gasteiger partial charge < -0.3 is 39.0 Å². The van der Waals surface area contributed by atoms with Crippen LogP contribution in [-0.4, -0.2) is 51.6 Å². The summed E-state index contributed by atoms with van der Waals surface area (Å²) in [4.78, 5) is 2.73. The number of ether oxygens (including phenoxy) is 4. The van der Waals surface area contributed by atoms with E-state index in [0.717, 1.165) is 49.0 Å². The summed E-state index contributed by atoms with van der Waals surface area (Å²) in [5, 5.41) is 22.3. The van der Waals surface area contributed by atoms with E-state index < -0.39 is 0 Å². The largest absolute Gasteiger partial charge is 0.504 e. The predicted molar refractivity (Wildman–Crippen MR) is 166 cm³/mol. The van der Waals surface area contributed by atoms with Gasteiger partial charge in [0, 0.05) is 31.2 Å². The maximum Gasteiger partial charge on any atom is 0.201 e. The minimum atomic E-state index is -0.0342. The second-order valence-electron chi connectivity index (χ2n) is 12.4. The summed E-state index contributed by atoms with van der Waals surface area (Å²) in [6.07, 6.45) is 3.25. The Morgan fingerprint density at radius 1 is 0.705 bits per heavy atom. The van der Waals surface area contributed by atoms with Gasteiger partial charge in [0.2, 0.25) is 5.75 Å². The third-order valence-corrected chi connectivity index (χ3v) is 9.75. The molecule has 4 N–H and O–H groups in total. The zero-order valence-corrected chi connectivity index (χ0v) is 25.7. The molecule has 0 aromatic heterocycles. The average molecular weight is 597 g/mol. The van der Waals surface area contributed by atoms with Gasteiger partial charge in [-0.3, -0.25) is 0 Å². The SMILES string of the molecule is COc1cc2c3cc1Oc1c(O)c(OC)cc4c1[C@@H](Cc1ccc(O)c(c1)Oc1ccc(cc1)C[C@H]3[NH+](C)CC2)[NH+](C)CC4. The summed E-state index contributed by atoms with van der Waals surface area (Å²) in [5.41, 5.74) is 6.73. The molecule has 4 atom stereocenters. The fourth-order valence-corrected chi connectivity index (χ4v) is 7.19. The van der Waals surface area contributed by atoms with Crippen LogP contribution in [0.1, 0.15) is 45.5 Å². The lowest BCUT2D eigenvalue weighted by Gasteiger charge is -2.34. The molecule has 4 aromatic carbocycles. The minimum absolute atomic E-state index is 0.0197. The van der Waals surface area contributed by atoms with Gasteiger partial charge in [0.1, 0.15) is 17.8 Å². The van der Waals surface area contributed by atoms with Crippen molar-refractivity contribution >= 4 is 0 Å². The molecule has 0 radical (unpaired) electrons. The number of hydrogen-bond donors (Lipinski definition) is 4. The van der Waals surface area contributed by atoms with Crippen LogP contribution < -0.4 is 28.7 Å². The lowest BCUT2D eigenvalue weighted by molar-refractivity contribution is -0.914. The van der Waals surface area contributed by atoms with E-state index in [0.29, 0.717) is 40.9 Å². The Morgan fingerprint density at radius 2 is 1.36 bits per heavy atom. The molecule has 2 unspecified atom stereocenters. The molecule has 0 aliphatic carbocycles. The first-order chi connectivity index (χ1) is 21.3. The van der Waals surface area contributed by atoms with Crippen molar-refractivity contribution in [2.75, 3.05) is 41.4 Å². The highest BCUT2D eigenvalue weighted by atomic mass is 16.5. The summed E-state index contributed by atoms with van der Waals surface area (Å²) in [5.74, 6) is 3.18. The van der Waals surface area contributed by atoms with Crippen LogP contribution in [0.4, 0.5) is 0 Å². The van der Waals surface area contributed by atoms with Crippen LogP contribution in [0, 0.1) is 0 Å². The van der Waals surface area contributed by atoms with Gasteiger partial charge in [-0.15, -0.1) is 0 Å². The van der Waals surface area contributed by atoms with E-state index in [1.165, 1.54) is 26.5 Å². The van der Waals surface area contributed by atoms with E-state index in [2.05, 4.69) is 38.4 Å². The molecule has 44 heavy (non-hydrogen) atoms. The number of likely N-dealkylation sites (N-methyl/N-ethyl adjacent to an activating group) is 2. The first-order valence-electron chi connectivity index (χ1n) is 15.4. The number of rotatable bonds is 2. The molecule has 8 heteroatoms. The van der Waals surface area contributed by atoms with Crippen LogP contribution in [-0.2, 0) is 25.7 Å². The molecule has 0 saturated heterocycles. The van der Waals surface area contributed by atoms with Crippen LogP contribution in [0.15, 0.2) is 60.7 Å².